The lowest BCUT2D eigenvalue weighted by molar-refractivity contribution is 0.0953. The first-order chi connectivity index (χ1) is 14.7. The van der Waals surface area contributed by atoms with Gasteiger partial charge >= 0.3 is 0 Å². The van der Waals surface area contributed by atoms with Crippen molar-refractivity contribution in [1.29, 1.82) is 0 Å². The van der Waals surface area contributed by atoms with Crippen molar-refractivity contribution in [1.82, 2.24) is 15.3 Å². The van der Waals surface area contributed by atoms with E-state index in [1.54, 1.807) is 6.07 Å². The summed E-state index contributed by atoms with van der Waals surface area (Å²) in [6, 6.07) is 19.2. The molecule has 3 rings (SSSR count). The summed E-state index contributed by atoms with van der Waals surface area (Å²) in [6.07, 6.45) is 3.71. The predicted octanol–water partition coefficient (Wildman–Crippen LogP) is 4.48. The van der Waals surface area contributed by atoms with Crippen LogP contribution in [0.15, 0.2) is 60.7 Å². The van der Waals surface area contributed by atoms with Crippen LogP contribution in [-0.4, -0.2) is 34.1 Å². The number of amides is 1. The van der Waals surface area contributed by atoms with Crippen molar-refractivity contribution in [3.8, 4) is 11.3 Å². The van der Waals surface area contributed by atoms with Crippen LogP contribution in [0.3, 0.4) is 0 Å². The fourth-order valence-electron chi connectivity index (χ4n) is 3.17. The smallest absolute Gasteiger partial charge is 0.251 e. The number of aliphatic hydroxyl groups is 1. The normalized spacial score (nSPS) is 10.6. The van der Waals surface area contributed by atoms with Gasteiger partial charge in [0.05, 0.1) is 5.69 Å². The summed E-state index contributed by atoms with van der Waals surface area (Å²) in [4.78, 5) is 21.4. The molecular weight excluding hydrogens is 376 g/mol. The van der Waals surface area contributed by atoms with Crippen LogP contribution in [0.4, 0.5) is 11.5 Å². The highest BCUT2D eigenvalue weighted by molar-refractivity contribution is 5.95. The van der Waals surface area contributed by atoms with E-state index in [2.05, 4.69) is 20.6 Å². The molecule has 6 nitrogen and oxygen atoms in total. The average molecular weight is 405 g/mol. The lowest BCUT2D eigenvalue weighted by Gasteiger charge is -2.10. The highest BCUT2D eigenvalue weighted by Crippen LogP contribution is 2.22. The van der Waals surface area contributed by atoms with E-state index in [9.17, 15) is 4.79 Å². The molecule has 3 N–H and O–H groups in total. The number of carbonyl (C=O) groups is 1. The quantitative estimate of drug-likeness (QED) is 0.434. The first-order valence-electron chi connectivity index (χ1n) is 10.3. The van der Waals surface area contributed by atoms with Crippen molar-refractivity contribution < 1.29 is 9.90 Å². The van der Waals surface area contributed by atoms with Crippen LogP contribution in [0, 0.1) is 6.92 Å². The van der Waals surface area contributed by atoms with Gasteiger partial charge in [0.25, 0.3) is 5.91 Å². The molecule has 30 heavy (non-hydrogen) atoms. The molecule has 0 saturated heterocycles. The number of nitrogens with one attached hydrogen (secondary N) is 2. The summed E-state index contributed by atoms with van der Waals surface area (Å²) in [5, 5.41) is 15.0. The number of nitrogens with zero attached hydrogens (tertiary/aromatic N) is 2. The van der Waals surface area contributed by atoms with Crippen molar-refractivity contribution in [3.05, 3.63) is 72.1 Å². The molecule has 0 aliphatic heterocycles. The first-order valence-corrected chi connectivity index (χ1v) is 10.3. The third-order valence-electron chi connectivity index (χ3n) is 4.68. The highest BCUT2D eigenvalue weighted by Gasteiger charge is 2.08. The summed E-state index contributed by atoms with van der Waals surface area (Å²) in [5.41, 5.74) is 3.27. The average Bonchev–Trinajstić information content (AvgIpc) is 2.76. The molecule has 0 saturated carbocycles. The Labute approximate surface area is 177 Å². The van der Waals surface area contributed by atoms with Gasteiger partial charge in [0.2, 0.25) is 0 Å². The van der Waals surface area contributed by atoms with Crippen molar-refractivity contribution >= 4 is 17.4 Å². The van der Waals surface area contributed by atoms with Crippen molar-refractivity contribution in [2.24, 2.45) is 0 Å². The minimum Gasteiger partial charge on any atom is -0.396 e. The molecule has 0 fully saturated rings. The molecule has 0 radical (unpaired) electrons. The Bertz CT molecular complexity index is 960. The largest absolute Gasteiger partial charge is 0.396 e. The van der Waals surface area contributed by atoms with E-state index in [1.165, 1.54) is 0 Å². The number of rotatable bonds is 10. The zero-order valence-corrected chi connectivity index (χ0v) is 17.3. The number of hydrogen-bond donors (Lipinski definition) is 3. The summed E-state index contributed by atoms with van der Waals surface area (Å²) in [6.45, 7) is 2.72. The Hall–Kier alpha value is -3.25. The van der Waals surface area contributed by atoms with E-state index in [0.29, 0.717) is 23.8 Å². The second kappa shape index (κ2) is 11.1. The Morgan fingerprint density at radius 3 is 2.53 bits per heavy atom. The van der Waals surface area contributed by atoms with E-state index in [1.807, 2.05) is 61.5 Å². The molecule has 0 spiro atoms. The Kier molecular flexibility index (Phi) is 7.92. The number of aryl methyl sites for hydroxylation is 1. The van der Waals surface area contributed by atoms with E-state index in [0.717, 1.165) is 42.6 Å². The number of unbranched alkanes of at least 4 members (excludes halogenated alkanes) is 3. The van der Waals surface area contributed by atoms with Gasteiger partial charge < -0.3 is 15.7 Å². The van der Waals surface area contributed by atoms with Crippen molar-refractivity contribution in [2.75, 3.05) is 18.5 Å². The zero-order valence-electron chi connectivity index (χ0n) is 17.3. The number of hydrogen-bond acceptors (Lipinski definition) is 5. The van der Waals surface area contributed by atoms with Gasteiger partial charge in [-0.05, 0) is 38.0 Å². The Morgan fingerprint density at radius 1 is 0.933 bits per heavy atom. The van der Waals surface area contributed by atoms with E-state index < -0.39 is 0 Å². The van der Waals surface area contributed by atoms with Gasteiger partial charge in [0, 0.05) is 36.0 Å². The Morgan fingerprint density at radius 2 is 1.73 bits per heavy atom. The molecule has 1 amide bonds. The molecule has 0 atom stereocenters. The van der Waals surface area contributed by atoms with Crippen LogP contribution in [0.2, 0.25) is 0 Å². The van der Waals surface area contributed by atoms with Gasteiger partial charge in [-0.3, -0.25) is 4.79 Å². The molecule has 6 heteroatoms. The van der Waals surface area contributed by atoms with E-state index in [-0.39, 0.29) is 12.5 Å². The second-order valence-corrected chi connectivity index (χ2v) is 7.15. The van der Waals surface area contributed by atoms with E-state index >= 15 is 0 Å². The number of anilines is 2. The topological polar surface area (TPSA) is 87.1 Å². The fraction of sp³-hybridized carbons (Fsp3) is 0.292. The molecule has 1 aromatic heterocycles. The number of carbonyl (C=O) groups excluding carboxylic acids is 1. The van der Waals surface area contributed by atoms with Gasteiger partial charge in [0.15, 0.2) is 0 Å². The summed E-state index contributed by atoms with van der Waals surface area (Å²) in [7, 11) is 0. The lowest BCUT2D eigenvalue weighted by atomic mass is 10.1. The van der Waals surface area contributed by atoms with Crippen LogP contribution >= 0.6 is 0 Å². The maximum atomic E-state index is 12.4. The van der Waals surface area contributed by atoms with Gasteiger partial charge in [-0.2, -0.15) is 0 Å². The van der Waals surface area contributed by atoms with Crippen LogP contribution in [0.1, 0.15) is 41.9 Å². The standard InChI is InChI=1S/C24H28N4O2/c1-18-26-22(19-10-5-4-6-11-19)17-23(27-18)28-21-13-9-12-20(16-21)24(30)25-14-7-2-3-8-15-29/h4-6,9-13,16-17,29H,2-3,7-8,14-15H2,1H3,(H,25,30)(H,26,27,28). The first kappa shape index (κ1) is 21.5. The molecule has 2 aromatic carbocycles. The number of benzene rings is 2. The third-order valence-corrected chi connectivity index (χ3v) is 4.68. The summed E-state index contributed by atoms with van der Waals surface area (Å²) in [5.74, 6) is 1.27. The van der Waals surface area contributed by atoms with Crippen LogP contribution in [0.25, 0.3) is 11.3 Å². The fourth-order valence-corrected chi connectivity index (χ4v) is 3.17. The van der Waals surface area contributed by atoms with Gasteiger partial charge in [-0.25, -0.2) is 9.97 Å². The Balaban J connectivity index is 1.64. The van der Waals surface area contributed by atoms with E-state index in [4.69, 9.17) is 5.11 Å². The number of aromatic nitrogens is 2. The van der Waals surface area contributed by atoms with Crippen molar-refractivity contribution in [3.63, 3.8) is 0 Å². The molecule has 0 aliphatic rings. The number of aliphatic hydroxyl groups excluding tert-OH is 1. The van der Waals surface area contributed by atoms with Crippen molar-refractivity contribution in [2.45, 2.75) is 32.6 Å². The maximum Gasteiger partial charge on any atom is 0.251 e. The minimum atomic E-state index is -0.0929. The zero-order chi connectivity index (χ0) is 21.2. The molecular formula is C24H28N4O2. The molecule has 156 valence electrons. The maximum absolute atomic E-state index is 12.4. The molecule has 0 bridgehead atoms. The monoisotopic (exact) mass is 404 g/mol. The SMILES string of the molecule is Cc1nc(Nc2cccc(C(=O)NCCCCCCO)c2)cc(-c2ccccc2)n1. The molecule has 1 heterocycles. The lowest BCUT2D eigenvalue weighted by Crippen LogP contribution is -2.24. The van der Waals surface area contributed by atoms with Gasteiger partial charge in [-0.15, -0.1) is 0 Å². The minimum absolute atomic E-state index is 0.0929. The molecule has 3 aromatic rings. The summed E-state index contributed by atoms with van der Waals surface area (Å²) < 4.78 is 0. The van der Waals surface area contributed by atoms with Crippen LogP contribution in [0.5, 0.6) is 0 Å². The molecule has 0 aliphatic carbocycles. The van der Waals surface area contributed by atoms with Crippen LogP contribution < -0.4 is 10.6 Å². The van der Waals surface area contributed by atoms with Gasteiger partial charge in [0.1, 0.15) is 11.6 Å². The molecule has 0 unspecified atom stereocenters. The second-order valence-electron chi connectivity index (χ2n) is 7.15. The predicted molar refractivity (Wildman–Crippen MR) is 120 cm³/mol. The highest BCUT2D eigenvalue weighted by atomic mass is 16.2. The summed E-state index contributed by atoms with van der Waals surface area (Å²) >= 11 is 0. The third kappa shape index (κ3) is 6.39. The van der Waals surface area contributed by atoms with Crippen LogP contribution in [-0.2, 0) is 0 Å². The van der Waals surface area contributed by atoms with Gasteiger partial charge in [-0.1, -0.05) is 49.2 Å².